The van der Waals surface area contributed by atoms with Gasteiger partial charge >= 0.3 is 0 Å². The van der Waals surface area contributed by atoms with E-state index in [9.17, 15) is 8.78 Å². The van der Waals surface area contributed by atoms with Crippen LogP contribution in [0.5, 0.6) is 0 Å². The summed E-state index contributed by atoms with van der Waals surface area (Å²) in [6, 6.07) is 3.67. The highest BCUT2D eigenvalue weighted by Crippen LogP contribution is 2.21. The third kappa shape index (κ3) is 1.79. The van der Waals surface area contributed by atoms with Crippen LogP contribution in [0, 0.1) is 11.6 Å². The fourth-order valence-corrected chi connectivity index (χ4v) is 1.70. The zero-order valence-electron chi connectivity index (χ0n) is 7.26. The Morgan fingerprint density at radius 1 is 0.923 bits per heavy atom. The van der Waals surface area contributed by atoms with Gasteiger partial charge in [0, 0.05) is 24.8 Å². The number of hydrogen-bond acceptors (Lipinski definition) is 1. The van der Waals surface area contributed by atoms with Crippen molar-refractivity contribution in [1.29, 1.82) is 0 Å². The lowest BCUT2D eigenvalue weighted by Crippen LogP contribution is -2.17. The molecule has 70 valence electrons. The smallest absolute Gasteiger partial charge is 0.128 e. The van der Waals surface area contributed by atoms with E-state index in [1.54, 1.807) is 0 Å². The lowest BCUT2D eigenvalue weighted by molar-refractivity contribution is 0.582. The molecule has 0 atom stereocenters. The minimum atomic E-state index is -0.498. The molecule has 1 heterocycles. The molecule has 0 unspecified atom stereocenters. The van der Waals surface area contributed by atoms with Gasteiger partial charge in [0.1, 0.15) is 11.6 Å². The van der Waals surface area contributed by atoms with E-state index in [2.05, 4.69) is 0 Å². The molecule has 0 aliphatic carbocycles. The van der Waals surface area contributed by atoms with Crippen LogP contribution in [0.3, 0.4) is 0 Å². The summed E-state index contributed by atoms with van der Waals surface area (Å²) in [4.78, 5) is 2.01. The Hall–Kier alpha value is -1.12. The van der Waals surface area contributed by atoms with Gasteiger partial charge in [0.25, 0.3) is 0 Å². The predicted molar refractivity (Wildman–Crippen MR) is 47.8 cm³/mol. The monoisotopic (exact) mass is 183 g/mol. The standard InChI is InChI=1S/C10H11F2N/c11-8-5-9(12)7-10(6-8)13-3-1-2-4-13/h5-7H,1-4H2. The van der Waals surface area contributed by atoms with Crippen LogP contribution in [0.15, 0.2) is 18.2 Å². The molecule has 1 saturated heterocycles. The summed E-state index contributed by atoms with van der Waals surface area (Å²) in [7, 11) is 0. The molecule has 1 aliphatic heterocycles. The molecule has 0 aromatic heterocycles. The molecule has 0 saturated carbocycles. The van der Waals surface area contributed by atoms with Crippen molar-refractivity contribution >= 4 is 5.69 Å². The highest BCUT2D eigenvalue weighted by atomic mass is 19.1. The summed E-state index contributed by atoms with van der Waals surface area (Å²) in [6.45, 7) is 1.81. The molecule has 2 rings (SSSR count). The summed E-state index contributed by atoms with van der Waals surface area (Å²) in [6.07, 6.45) is 2.22. The number of benzene rings is 1. The highest BCUT2D eigenvalue weighted by Gasteiger charge is 2.13. The Labute approximate surface area is 76.0 Å². The van der Waals surface area contributed by atoms with E-state index in [1.165, 1.54) is 12.1 Å². The minimum Gasteiger partial charge on any atom is -0.371 e. The number of rotatable bonds is 1. The van der Waals surface area contributed by atoms with Crippen molar-refractivity contribution in [2.75, 3.05) is 18.0 Å². The molecule has 0 N–H and O–H groups in total. The number of anilines is 1. The maximum absolute atomic E-state index is 12.8. The SMILES string of the molecule is Fc1cc(F)cc(N2CCCC2)c1. The van der Waals surface area contributed by atoms with Crippen LogP contribution in [0.1, 0.15) is 12.8 Å². The van der Waals surface area contributed by atoms with E-state index < -0.39 is 11.6 Å². The first-order valence-electron chi connectivity index (χ1n) is 4.47. The van der Waals surface area contributed by atoms with Gasteiger partial charge in [0.05, 0.1) is 0 Å². The third-order valence-electron chi connectivity index (χ3n) is 2.32. The van der Waals surface area contributed by atoms with Crippen LogP contribution < -0.4 is 4.90 Å². The molecule has 0 bridgehead atoms. The lowest BCUT2D eigenvalue weighted by Gasteiger charge is -2.17. The van der Waals surface area contributed by atoms with Gasteiger partial charge in [-0.15, -0.1) is 0 Å². The second-order valence-electron chi connectivity index (χ2n) is 3.32. The van der Waals surface area contributed by atoms with E-state index in [0.717, 1.165) is 32.0 Å². The maximum Gasteiger partial charge on any atom is 0.128 e. The lowest BCUT2D eigenvalue weighted by atomic mass is 10.3. The van der Waals surface area contributed by atoms with Crippen molar-refractivity contribution in [3.05, 3.63) is 29.8 Å². The summed E-state index contributed by atoms with van der Waals surface area (Å²) >= 11 is 0. The molecule has 1 aliphatic rings. The van der Waals surface area contributed by atoms with Crippen molar-refractivity contribution in [3.8, 4) is 0 Å². The molecule has 1 aromatic carbocycles. The van der Waals surface area contributed by atoms with Gasteiger partial charge in [-0.25, -0.2) is 8.78 Å². The van der Waals surface area contributed by atoms with Crippen LogP contribution in [0.4, 0.5) is 14.5 Å². The third-order valence-corrected chi connectivity index (χ3v) is 2.32. The molecule has 3 heteroatoms. The first-order valence-corrected chi connectivity index (χ1v) is 4.47. The first kappa shape index (κ1) is 8.48. The van der Waals surface area contributed by atoms with Crippen LogP contribution in [0.25, 0.3) is 0 Å². The highest BCUT2D eigenvalue weighted by molar-refractivity contribution is 5.47. The number of halogens is 2. The van der Waals surface area contributed by atoms with E-state index >= 15 is 0 Å². The van der Waals surface area contributed by atoms with Crippen LogP contribution >= 0.6 is 0 Å². The Kier molecular flexibility index (Phi) is 2.17. The van der Waals surface area contributed by atoms with Gasteiger partial charge in [0.15, 0.2) is 0 Å². The summed E-state index contributed by atoms with van der Waals surface area (Å²) < 4.78 is 25.6. The maximum atomic E-state index is 12.8. The van der Waals surface area contributed by atoms with E-state index in [4.69, 9.17) is 0 Å². The topological polar surface area (TPSA) is 3.24 Å². The molecule has 0 radical (unpaired) electrons. The Morgan fingerprint density at radius 3 is 2.00 bits per heavy atom. The molecule has 1 aromatic rings. The van der Waals surface area contributed by atoms with Crippen molar-refractivity contribution in [2.45, 2.75) is 12.8 Å². The second-order valence-corrected chi connectivity index (χ2v) is 3.32. The van der Waals surface area contributed by atoms with E-state index in [-0.39, 0.29) is 0 Å². The minimum absolute atomic E-state index is 0.498. The van der Waals surface area contributed by atoms with Crippen molar-refractivity contribution in [2.24, 2.45) is 0 Å². The fourth-order valence-electron chi connectivity index (χ4n) is 1.70. The van der Waals surface area contributed by atoms with Crippen molar-refractivity contribution < 1.29 is 8.78 Å². The van der Waals surface area contributed by atoms with Gasteiger partial charge in [0.2, 0.25) is 0 Å². The molecule has 13 heavy (non-hydrogen) atoms. The van der Waals surface area contributed by atoms with E-state index in [0.29, 0.717) is 5.69 Å². The number of hydrogen-bond donors (Lipinski definition) is 0. The zero-order valence-corrected chi connectivity index (χ0v) is 7.26. The van der Waals surface area contributed by atoms with Gasteiger partial charge < -0.3 is 4.90 Å². The quantitative estimate of drug-likeness (QED) is 0.646. The Morgan fingerprint density at radius 2 is 1.46 bits per heavy atom. The number of nitrogens with zero attached hydrogens (tertiary/aromatic N) is 1. The van der Waals surface area contributed by atoms with Crippen LogP contribution in [-0.4, -0.2) is 13.1 Å². The van der Waals surface area contributed by atoms with Gasteiger partial charge in [-0.2, -0.15) is 0 Å². The molecule has 0 spiro atoms. The first-order chi connectivity index (χ1) is 6.25. The molecule has 1 fully saturated rings. The average Bonchev–Trinajstić information content (AvgIpc) is 2.53. The van der Waals surface area contributed by atoms with Gasteiger partial charge in [-0.05, 0) is 25.0 Å². The summed E-state index contributed by atoms with van der Waals surface area (Å²) in [5.41, 5.74) is 0.662. The van der Waals surface area contributed by atoms with Gasteiger partial charge in [-0.3, -0.25) is 0 Å². The largest absolute Gasteiger partial charge is 0.371 e. The predicted octanol–water partition coefficient (Wildman–Crippen LogP) is 2.57. The molecule has 0 amide bonds. The summed E-state index contributed by atoms with van der Waals surface area (Å²) in [5, 5.41) is 0. The normalized spacial score (nSPS) is 16.6. The fraction of sp³-hybridized carbons (Fsp3) is 0.400. The van der Waals surface area contributed by atoms with Crippen molar-refractivity contribution in [3.63, 3.8) is 0 Å². The molecule has 1 nitrogen and oxygen atoms in total. The molecular weight excluding hydrogens is 172 g/mol. The molecular formula is C10H11F2N. The Balaban J connectivity index is 2.28. The van der Waals surface area contributed by atoms with Crippen LogP contribution in [0.2, 0.25) is 0 Å². The van der Waals surface area contributed by atoms with Crippen molar-refractivity contribution in [1.82, 2.24) is 0 Å². The average molecular weight is 183 g/mol. The van der Waals surface area contributed by atoms with Gasteiger partial charge in [-0.1, -0.05) is 0 Å². The van der Waals surface area contributed by atoms with Crippen LogP contribution in [-0.2, 0) is 0 Å². The second kappa shape index (κ2) is 3.32. The summed E-state index contributed by atoms with van der Waals surface area (Å²) in [5.74, 6) is -0.996. The van der Waals surface area contributed by atoms with E-state index in [1.807, 2.05) is 4.90 Å². The zero-order chi connectivity index (χ0) is 9.26. The Bertz CT molecular complexity index is 286.